The van der Waals surface area contributed by atoms with Crippen LogP contribution in [0.25, 0.3) is 0 Å². The number of benzene rings is 1. The van der Waals surface area contributed by atoms with E-state index < -0.39 is 24.6 Å². The Morgan fingerprint density at radius 3 is 2.40 bits per heavy atom. The van der Waals surface area contributed by atoms with Crippen molar-refractivity contribution in [1.82, 2.24) is 0 Å². The van der Waals surface area contributed by atoms with Gasteiger partial charge < -0.3 is 9.47 Å². The Morgan fingerprint density at radius 2 is 2.00 bits per heavy atom. The number of halogens is 1. The zero-order chi connectivity index (χ0) is 15.5. The summed E-state index contributed by atoms with van der Waals surface area (Å²) in [5, 5.41) is 10.8. The summed E-state index contributed by atoms with van der Waals surface area (Å²) >= 11 is 0. The minimum absolute atomic E-state index is 0.0328. The quantitative estimate of drug-likeness (QED) is 0.453. The molecule has 1 aromatic carbocycles. The molecule has 20 heavy (non-hydrogen) atoms. The third-order valence-corrected chi connectivity index (χ3v) is 3.58. The molecule has 0 saturated carbocycles. The first kappa shape index (κ1) is 16.5. The van der Waals surface area contributed by atoms with Crippen molar-refractivity contribution in [3.8, 4) is 11.5 Å². The molecule has 0 spiro atoms. The molecule has 112 valence electrons. The van der Waals surface area contributed by atoms with Gasteiger partial charge in [-0.1, -0.05) is 13.8 Å². The molecule has 0 atom stereocenters. The first-order chi connectivity index (χ1) is 9.16. The Labute approximate surface area is 121 Å². The van der Waals surface area contributed by atoms with Crippen molar-refractivity contribution in [3.05, 3.63) is 22.2 Å². The highest BCUT2D eigenvalue weighted by atomic mass is 35.7. The van der Waals surface area contributed by atoms with Crippen LogP contribution in [0.5, 0.6) is 11.5 Å². The standard InChI is InChI=1S/C11H14ClNO6S/c1-7(2)6-19-9-4-8(13(14)15)5-10(11(9)18-3)20(12,16)17/h4-5,7H,6H2,1-3H3. The molecule has 0 aliphatic carbocycles. The molecule has 0 radical (unpaired) electrons. The van der Waals surface area contributed by atoms with Gasteiger partial charge in [0.05, 0.1) is 24.7 Å². The van der Waals surface area contributed by atoms with E-state index in [0.717, 1.165) is 12.1 Å². The summed E-state index contributed by atoms with van der Waals surface area (Å²) in [6.45, 7) is 4.01. The molecule has 0 N–H and O–H groups in total. The molecule has 0 saturated heterocycles. The maximum atomic E-state index is 11.5. The summed E-state index contributed by atoms with van der Waals surface area (Å²) in [5.74, 6) is -0.0316. The van der Waals surface area contributed by atoms with Crippen molar-refractivity contribution in [2.24, 2.45) is 5.92 Å². The lowest BCUT2D eigenvalue weighted by Crippen LogP contribution is -2.08. The van der Waals surface area contributed by atoms with Gasteiger partial charge >= 0.3 is 0 Å². The van der Waals surface area contributed by atoms with Gasteiger partial charge in [0.2, 0.25) is 0 Å². The van der Waals surface area contributed by atoms with Crippen LogP contribution in [0.3, 0.4) is 0 Å². The van der Waals surface area contributed by atoms with Crippen molar-refractivity contribution < 1.29 is 22.8 Å². The average molecular weight is 324 g/mol. The molecular weight excluding hydrogens is 310 g/mol. The number of nitro benzene ring substituents is 1. The van der Waals surface area contributed by atoms with E-state index in [-0.39, 0.29) is 24.0 Å². The first-order valence-corrected chi connectivity index (χ1v) is 7.91. The Kier molecular flexibility index (Phi) is 5.18. The number of hydrogen-bond donors (Lipinski definition) is 0. The molecule has 0 aromatic heterocycles. The molecule has 0 aliphatic rings. The lowest BCUT2D eigenvalue weighted by molar-refractivity contribution is -0.385. The van der Waals surface area contributed by atoms with Crippen molar-refractivity contribution in [1.29, 1.82) is 0 Å². The fourth-order valence-corrected chi connectivity index (χ4v) is 2.42. The molecular formula is C11H14ClNO6S. The first-order valence-electron chi connectivity index (χ1n) is 5.60. The second-order valence-corrected chi connectivity index (χ2v) is 6.91. The Hall–Kier alpha value is -1.54. The number of hydrogen-bond acceptors (Lipinski definition) is 6. The third-order valence-electron chi connectivity index (χ3n) is 2.26. The van der Waals surface area contributed by atoms with E-state index in [1.54, 1.807) is 0 Å². The molecule has 0 fully saturated rings. The summed E-state index contributed by atoms with van der Waals surface area (Å²) in [5.41, 5.74) is -0.441. The smallest absolute Gasteiger partial charge is 0.274 e. The van der Waals surface area contributed by atoms with Crippen LogP contribution in [0.1, 0.15) is 13.8 Å². The van der Waals surface area contributed by atoms with E-state index >= 15 is 0 Å². The lowest BCUT2D eigenvalue weighted by atomic mass is 10.2. The van der Waals surface area contributed by atoms with Crippen LogP contribution in [0.2, 0.25) is 0 Å². The zero-order valence-electron chi connectivity index (χ0n) is 11.1. The monoisotopic (exact) mass is 323 g/mol. The summed E-state index contributed by atoms with van der Waals surface area (Å²) < 4.78 is 33.3. The summed E-state index contributed by atoms with van der Waals surface area (Å²) in [7, 11) is 2.30. The average Bonchev–Trinajstić information content (AvgIpc) is 2.33. The molecule has 7 nitrogen and oxygen atoms in total. The van der Waals surface area contributed by atoms with Crippen LogP contribution >= 0.6 is 10.7 Å². The molecule has 0 bridgehead atoms. The Balaban J connectivity index is 3.47. The van der Waals surface area contributed by atoms with E-state index in [0.29, 0.717) is 0 Å². The highest BCUT2D eigenvalue weighted by molar-refractivity contribution is 8.13. The number of nitrogens with zero attached hydrogens (tertiary/aromatic N) is 1. The van der Waals surface area contributed by atoms with Gasteiger partial charge in [-0.2, -0.15) is 0 Å². The molecule has 0 unspecified atom stereocenters. The zero-order valence-corrected chi connectivity index (χ0v) is 12.7. The van der Waals surface area contributed by atoms with Crippen molar-refractivity contribution in [2.45, 2.75) is 18.7 Å². The molecule has 0 amide bonds. The highest BCUT2D eigenvalue weighted by Gasteiger charge is 2.26. The van der Waals surface area contributed by atoms with Gasteiger partial charge in [-0.25, -0.2) is 8.42 Å². The molecule has 9 heteroatoms. The van der Waals surface area contributed by atoms with Crippen LogP contribution in [-0.2, 0) is 9.05 Å². The summed E-state index contributed by atoms with van der Waals surface area (Å²) in [6, 6.07) is 1.94. The van der Waals surface area contributed by atoms with Gasteiger partial charge in [-0.15, -0.1) is 0 Å². The number of methoxy groups -OCH3 is 1. The van der Waals surface area contributed by atoms with Crippen molar-refractivity contribution in [3.63, 3.8) is 0 Å². The van der Waals surface area contributed by atoms with E-state index in [1.807, 2.05) is 13.8 Å². The van der Waals surface area contributed by atoms with Crippen LogP contribution in [0.15, 0.2) is 17.0 Å². The van der Waals surface area contributed by atoms with Crippen LogP contribution in [0.4, 0.5) is 5.69 Å². The summed E-state index contributed by atoms with van der Waals surface area (Å²) in [4.78, 5) is 9.62. The second kappa shape index (κ2) is 6.27. The Morgan fingerprint density at radius 1 is 1.40 bits per heavy atom. The van der Waals surface area contributed by atoms with E-state index in [4.69, 9.17) is 20.2 Å². The third kappa shape index (κ3) is 3.97. The van der Waals surface area contributed by atoms with E-state index in [1.165, 1.54) is 7.11 Å². The SMILES string of the molecule is COc1c(OCC(C)C)cc([N+](=O)[O-])cc1S(=O)(=O)Cl. The van der Waals surface area contributed by atoms with Gasteiger partial charge in [0, 0.05) is 16.7 Å². The maximum Gasteiger partial charge on any atom is 0.274 e. The lowest BCUT2D eigenvalue weighted by Gasteiger charge is -2.14. The number of rotatable bonds is 6. The van der Waals surface area contributed by atoms with Crippen LogP contribution < -0.4 is 9.47 Å². The van der Waals surface area contributed by atoms with E-state index in [9.17, 15) is 18.5 Å². The van der Waals surface area contributed by atoms with E-state index in [2.05, 4.69) is 0 Å². The topological polar surface area (TPSA) is 95.7 Å². The predicted molar refractivity (Wildman–Crippen MR) is 73.0 cm³/mol. The van der Waals surface area contributed by atoms with Gasteiger partial charge in [0.15, 0.2) is 11.5 Å². The van der Waals surface area contributed by atoms with Gasteiger partial charge in [0.25, 0.3) is 14.7 Å². The predicted octanol–water partition coefficient (Wildman–Crippen LogP) is 2.57. The largest absolute Gasteiger partial charge is 0.492 e. The Bertz CT molecular complexity index is 614. The summed E-state index contributed by atoms with van der Waals surface area (Å²) in [6.07, 6.45) is 0. The fourth-order valence-electron chi connectivity index (χ4n) is 1.41. The molecule has 1 rings (SSSR count). The fraction of sp³-hybridized carbons (Fsp3) is 0.455. The van der Waals surface area contributed by atoms with Crippen LogP contribution in [-0.4, -0.2) is 27.1 Å². The van der Waals surface area contributed by atoms with Gasteiger partial charge in [0.1, 0.15) is 4.90 Å². The van der Waals surface area contributed by atoms with Crippen LogP contribution in [0, 0.1) is 16.0 Å². The normalized spacial score (nSPS) is 11.4. The minimum atomic E-state index is -4.20. The molecule has 0 heterocycles. The number of ether oxygens (including phenoxy) is 2. The van der Waals surface area contributed by atoms with Gasteiger partial charge in [-0.05, 0) is 5.92 Å². The number of non-ortho nitro benzene ring substituents is 1. The van der Waals surface area contributed by atoms with Crippen molar-refractivity contribution in [2.75, 3.05) is 13.7 Å². The van der Waals surface area contributed by atoms with Gasteiger partial charge in [-0.3, -0.25) is 10.1 Å². The second-order valence-electron chi connectivity index (χ2n) is 4.38. The van der Waals surface area contributed by atoms with Crippen molar-refractivity contribution >= 4 is 25.4 Å². The molecule has 0 aliphatic heterocycles. The highest BCUT2D eigenvalue weighted by Crippen LogP contribution is 2.39. The minimum Gasteiger partial charge on any atom is -0.492 e. The maximum absolute atomic E-state index is 11.5. The number of nitro groups is 1. The molecule has 1 aromatic rings.